The maximum absolute atomic E-state index is 11.4. The molecule has 0 N–H and O–H groups in total. The number of hydrogen-bond acceptors (Lipinski definition) is 3. The summed E-state index contributed by atoms with van der Waals surface area (Å²) in [7, 11) is 0. The molecule has 1 aromatic carbocycles. The van der Waals surface area contributed by atoms with Gasteiger partial charge in [-0.2, -0.15) is 0 Å². The van der Waals surface area contributed by atoms with Gasteiger partial charge in [0.1, 0.15) is 6.61 Å². The van der Waals surface area contributed by atoms with Crippen molar-refractivity contribution in [2.45, 2.75) is 19.4 Å². The van der Waals surface area contributed by atoms with Crippen molar-refractivity contribution in [2.24, 2.45) is 0 Å². The van der Waals surface area contributed by atoms with Crippen molar-refractivity contribution in [3.8, 4) is 0 Å². The van der Waals surface area contributed by atoms with Crippen LogP contribution < -0.4 is 0 Å². The molecular formula is C12H13NO2S. The van der Waals surface area contributed by atoms with Gasteiger partial charge in [0, 0.05) is 6.92 Å². The van der Waals surface area contributed by atoms with E-state index in [2.05, 4.69) is 0 Å². The van der Waals surface area contributed by atoms with E-state index in [1.165, 1.54) is 12.5 Å². The zero-order valence-electron chi connectivity index (χ0n) is 9.05. The van der Waals surface area contributed by atoms with Crippen molar-refractivity contribution in [3.63, 3.8) is 0 Å². The molecule has 84 valence electrons. The number of carbonyl (C=O) groups is 1. The Morgan fingerprint density at radius 2 is 2.19 bits per heavy atom. The van der Waals surface area contributed by atoms with Gasteiger partial charge < -0.3 is 4.74 Å². The summed E-state index contributed by atoms with van der Waals surface area (Å²) in [5.41, 5.74) is 1.19. The van der Waals surface area contributed by atoms with Gasteiger partial charge in [-0.3, -0.25) is 9.69 Å². The molecule has 0 aliphatic carbocycles. The Hall–Kier alpha value is -1.42. The molecule has 1 aliphatic heterocycles. The van der Waals surface area contributed by atoms with Gasteiger partial charge in [0.25, 0.3) is 5.17 Å². The smallest absolute Gasteiger partial charge is 0.266 e. The Morgan fingerprint density at radius 3 is 2.81 bits per heavy atom. The van der Waals surface area contributed by atoms with E-state index < -0.39 is 0 Å². The molecule has 1 fully saturated rings. The lowest BCUT2D eigenvalue weighted by molar-refractivity contribution is -0.125. The second-order valence-electron chi connectivity index (χ2n) is 3.81. The zero-order chi connectivity index (χ0) is 11.5. The highest BCUT2D eigenvalue weighted by Crippen LogP contribution is 2.17. The molecule has 2 rings (SSSR count). The summed E-state index contributed by atoms with van der Waals surface area (Å²) in [6, 6.07) is 10.1. The van der Waals surface area contributed by atoms with Crippen LogP contribution >= 0.6 is 12.2 Å². The summed E-state index contributed by atoms with van der Waals surface area (Å²) in [5, 5.41) is 0.299. The van der Waals surface area contributed by atoms with Gasteiger partial charge in [0.2, 0.25) is 5.91 Å². The van der Waals surface area contributed by atoms with E-state index in [4.69, 9.17) is 17.0 Å². The fourth-order valence-corrected chi connectivity index (χ4v) is 2.23. The fraction of sp³-hybridized carbons (Fsp3) is 0.333. The molecule has 0 spiro atoms. The Labute approximate surface area is 100 Å². The maximum Gasteiger partial charge on any atom is 0.266 e. The molecule has 4 heteroatoms. The summed E-state index contributed by atoms with van der Waals surface area (Å²) < 4.78 is 5.25. The van der Waals surface area contributed by atoms with Gasteiger partial charge in [0.05, 0.1) is 6.04 Å². The normalized spacial score (nSPS) is 19.7. The van der Waals surface area contributed by atoms with Crippen LogP contribution in [0.4, 0.5) is 0 Å². The topological polar surface area (TPSA) is 29.5 Å². The molecule has 0 saturated carbocycles. The van der Waals surface area contributed by atoms with Gasteiger partial charge in [0.15, 0.2) is 0 Å². The SMILES string of the molecule is CC(=O)N1C(=S)OC[C@H]1Cc1ccccc1. The summed E-state index contributed by atoms with van der Waals surface area (Å²) >= 11 is 4.99. The molecule has 1 saturated heterocycles. The average Bonchev–Trinajstić information content (AvgIpc) is 2.61. The van der Waals surface area contributed by atoms with Crippen LogP contribution in [0.5, 0.6) is 0 Å². The first-order chi connectivity index (χ1) is 7.68. The van der Waals surface area contributed by atoms with Gasteiger partial charge in [-0.15, -0.1) is 0 Å². The van der Waals surface area contributed by atoms with Crippen LogP contribution in [0.2, 0.25) is 0 Å². The van der Waals surface area contributed by atoms with Crippen molar-refractivity contribution in [3.05, 3.63) is 35.9 Å². The molecule has 16 heavy (non-hydrogen) atoms. The zero-order valence-corrected chi connectivity index (χ0v) is 9.87. The Balaban J connectivity index is 2.10. The number of amides is 1. The predicted molar refractivity (Wildman–Crippen MR) is 65.0 cm³/mol. The molecule has 1 heterocycles. The van der Waals surface area contributed by atoms with Crippen LogP contribution in [0.1, 0.15) is 12.5 Å². The average molecular weight is 235 g/mol. The largest absolute Gasteiger partial charge is 0.468 e. The molecule has 1 amide bonds. The third-order valence-electron chi connectivity index (χ3n) is 2.61. The monoisotopic (exact) mass is 235 g/mol. The highest BCUT2D eigenvalue weighted by atomic mass is 32.1. The molecular weight excluding hydrogens is 222 g/mol. The standard InChI is InChI=1S/C12H13NO2S/c1-9(14)13-11(8-15-12(13)16)7-10-5-3-2-4-6-10/h2-6,11H,7-8H2,1H3/t11-/m1/s1. The number of benzene rings is 1. The van der Waals surface area contributed by atoms with E-state index in [1.807, 2.05) is 30.3 Å². The highest BCUT2D eigenvalue weighted by Gasteiger charge is 2.32. The lowest BCUT2D eigenvalue weighted by Crippen LogP contribution is -2.38. The van der Waals surface area contributed by atoms with Crippen molar-refractivity contribution in [1.29, 1.82) is 0 Å². The Morgan fingerprint density at radius 1 is 1.50 bits per heavy atom. The molecule has 0 bridgehead atoms. The molecule has 0 radical (unpaired) electrons. The highest BCUT2D eigenvalue weighted by molar-refractivity contribution is 7.80. The minimum Gasteiger partial charge on any atom is -0.468 e. The van der Waals surface area contributed by atoms with E-state index in [9.17, 15) is 4.79 Å². The van der Waals surface area contributed by atoms with E-state index in [0.29, 0.717) is 11.8 Å². The molecule has 3 nitrogen and oxygen atoms in total. The Bertz CT molecular complexity index is 405. The van der Waals surface area contributed by atoms with Crippen LogP contribution in [0.15, 0.2) is 30.3 Å². The summed E-state index contributed by atoms with van der Waals surface area (Å²) in [6.07, 6.45) is 0.778. The fourth-order valence-electron chi connectivity index (χ4n) is 1.88. The lowest BCUT2D eigenvalue weighted by atomic mass is 10.1. The first kappa shape index (κ1) is 11.1. The molecule has 1 aromatic rings. The molecule has 0 unspecified atom stereocenters. The van der Waals surface area contributed by atoms with Crippen molar-refractivity contribution in [1.82, 2.24) is 4.90 Å². The number of nitrogens with zero attached hydrogens (tertiary/aromatic N) is 1. The summed E-state index contributed by atoms with van der Waals surface area (Å²) in [5.74, 6) is -0.0524. The van der Waals surface area contributed by atoms with Crippen molar-refractivity contribution >= 4 is 23.3 Å². The number of thiocarbonyl (C=S) groups is 1. The van der Waals surface area contributed by atoms with Crippen molar-refractivity contribution in [2.75, 3.05) is 6.61 Å². The van der Waals surface area contributed by atoms with Gasteiger partial charge in [-0.05, 0) is 24.2 Å². The minimum absolute atomic E-state index is 0.0346. The van der Waals surface area contributed by atoms with Gasteiger partial charge >= 0.3 is 0 Å². The predicted octanol–water partition coefficient (Wildman–Crippen LogP) is 1.76. The van der Waals surface area contributed by atoms with Crippen molar-refractivity contribution < 1.29 is 9.53 Å². The summed E-state index contributed by atoms with van der Waals surface area (Å²) in [6.45, 7) is 2.01. The quantitative estimate of drug-likeness (QED) is 0.732. The third kappa shape index (κ3) is 2.22. The van der Waals surface area contributed by atoms with E-state index in [0.717, 1.165) is 6.42 Å². The van der Waals surface area contributed by atoms with E-state index in [1.54, 1.807) is 4.90 Å². The first-order valence-corrected chi connectivity index (χ1v) is 5.60. The van der Waals surface area contributed by atoms with Crippen LogP contribution in [-0.2, 0) is 16.0 Å². The maximum atomic E-state index is 11.4. The molecule has 1 atom stereocenters. The number of hydrogen-bond donors (Lipinski definition) is 0. The van der Waals surface area contributed by atoms with Crippen LogP contribution in [-0.4, -0.2) is 28.6 Å². The van der Waals surface area contributed by atoms with Crippen LogP contribution in [0.3, 0.4) is 0 Å². The number of carbonyl (C=O) groups excluding carboxylic acids is 1. The van der Waals surface area contributed by atoms with Gasteiger partial charge in [-0.1, -0.05) is 30.3 Å². The molecule has 1 aliphatic rings. The van der Waals surface area contributed by atoms with E-state index >= 15 is 0 Å². The Kier molecular flexibility index (Phi) is 3.19. The second-order valence-corrected chi connectivity index (χ2v) is 4.16. The second kappa shape index (κ2) is 4.61. The van der Waals surface area contributed by atoms with Crippen LogP contribution in [0.25, 0.3) is 0 Å². The van der Waals surface area contributed by atoms with Crippen LogP contribution in [0, 0.1) is 0 Å². The first-order valence-electron chi connectivity index (χ1n) is 5.19. The summed E-state index contributed by atoms with van der Waals surface area (Å²) in [4.78, 5) is 13.0. The number of ether oxygens (including phenoxy) is 1. The third-order valence-corrected chi connectivity index (χ3v) is 2.93. The minimum atomic E-state index is -0.0524. The number of rotatable bonds is 2. The molecule has 0 aromatic heterocycles. The van der Waals surface area contributed by atoms with E-state index in [-0.39, 0.29) is 11.9 Å². The van der Waals surface area contributed by atoms with Gasteiger partial charge in [-0.25, -0.2) is 0 Å². The lowest BCUT2D eigenvalue weighted by Gasteiger charge is -2.19.